The third-order valence-electron chi connectivity index (χ3n) is 5.79. The number of amides is 1. The average Bonchev–Trinajstić information content (AvgIpc) is 2.81. The van der Waals surface area contributed by atoms with E-state index < -0.39 is 5.91 Å². The van der Waals surface area contributed by atoms with Gasteiger partial charge in [0.15, 0.2) is 0 Å². The van der Waals surface area contributed by atoms with E-state index in [1.54, 1.807) is 26.5 Å². The van der Waals surface area contributed by atoms with Crippen molar-refractivity contribution in [3.63, 3.8) is 0 Å². The number of hydrogen-bond donors (Lipinski definition) is 1. The van der Waals surface area contributed by atoms with Crippen molar-refractivity contribution >= 4 is 16.8 Å². The summed E-state index contributed by atoms with van der Waals surface area (Å²) < 4.78 is 30.8. The van der Waals surface area contributed by atoms with E-state index in [1.807, 2.05) is 18.2 Å². The van der Waals surface area contributed by atoms with Crippen LogP contribution in [0.3, 0.4) is 0 Å². The maximum absolute atomic E-state index is 14.1. The molecule has 0 bridgehead atoms. The zero-order valence-electron chi connectivity index (χ0n) is 18.1. The van der Waals surface area contributed by atoms with E-state index in [1.165, 1.54) is 12.1 Å². The van der Waals surface area contributed by atoms with E-state index in [0.717, 1.165) is 16.5 Å². The fraction of sp³-hybridized carbons (Fsp3) is 0.333. The molecule has 0 spiro atoms. The highest BCUT2D eigenvalue weighted by Crippen LogP contribution is 2.41. The first-order valence-corrected chi connectivity index (χ1v) is 10.4. The van der Waals surface area contributed by atoms with Crippen molar-refractivity contribution in [1.82, 2.24) is 9.88 Å². The van der Waals surface area contributed by atoms with Crippen LogP contribution in [0.15, 0.2) is 42.6 Å². The average molecular weight is 439 g/mol. The standard InChI is InChI=1S/C24H26FN3O4/c1-30-21-6-3-15(25)13-19(21)16-7-8-27-23-17(16)4-5-18(24(23)31-2)20(14-22(26)29)28-9-11-32-12-10-28/h3-8,13,20H,9-12,14H2,1-2H3,(H2,26,29). The maximum atomic E-state index is 14.1. The van der Waals surface area contributed by atoms with Crippen molar-refractivity contribution in [2.24, 2.45) is 5.73 Å². The van der Waals surface area contributed by atoms with Crippen molar-refractivity contribution in [2.45, 2.75) is 12.5 Å². The van der Waals surface area contributed by atoms with Gasteiger partial charge in [-0.2, -0.15) is 0 Å². The number of carbonyl (C=O) groups is 1. The molecule has 0 radical (unpaired) electrons. The number of nitrogens with zero attached hydrogens (tertiary/aromatic N) is 2. The molecule has 1 atom stereocenters. The van der Waals surface area contributed by atoms with E-state index in [-0.39, 0.29) is 18.3 Å². The van der Waals surface area contributed by atoms with Crippen LogP contribution in [0, 0.1) is 5.82 Å². The van der Waals surface area contributed by atoms with Gasteiger partial charge in [-0.3, -0.25) is 14.7 Å². The summed E-state index contributed by atoms with van der Waals surface area (Å²) in [5.74, 6) is 0.373. The SMILES string of the molecule is COc1ccc(F)cc1-c1ccnc2c(OC)c(C(CC(N)=O)N3CCOCC3)ccc12. The highest BCUT2D eigenvalue weighted by atomic mass is 19.1. The third-order valence-corrected chi connectivity index (χ3v) is 5.79. The molecule has 1 amide bonds. The van der Waals surface area contributed by atoms with Crippen molar-refractivity contribution in [1.29, 1.82) is 0 Å². The number of halogens is 1. The number of carbonyl (C=O) groups excluding carboxylic acids is 1. The predicted molar refractivity (Wildman–Crippen MR) is 119 cm³/mol. The van der Waals surface area contributed by atoms with Gasteiger partial charge in [0.1, 0.15) is 22.8 Å². The lowest BCUT2D eigenvalue weighted by Crippen LogP contribution is -2.40. The number of ether oxygens (including phenoxy) is 3. The topological polar surface area (TPSA) is 86.9 Å². The van der Waals surface area contributed by atoms with Gasteiger partial charge in [-0.05, 0) is 29.8 Å². The highest BCUT2D eigenvalue weighted by molar-refractivity contribution is 5.99. The van der Waals surface area contributed by atoms with Crippen LogP contribution in [0.25, 0.3) is 22.0 Å². The minimum atomic E-state index is -0.394. The van der Waals surface area contributed by atoms with Crippen LogP contribution in [0.2, 0.25) is 0 Å². The summed E-state index contributed by atoms with van der Waals surface area (Å²) in [7, 11) is 3.13. The van der Waals surface area contributed by atoms with Crippen LogP contribution < -0.4 is 15.2 Å². The van der Waals surface area contributed by atoms with Gasteiger partial charge in [-0.1, -0.05) is 12.1 Å². The molecule has 2 N–H and O–H groups in total. The first-order chi connectivity index (χ1) is 15.5. The van der Waals surface area contributed by atoms with Crippen LogP contribution >= 0.6 is 0 Å². The van der Waals surface area contributed by atoms with E-state index in [4.69, 9.17) is 19.9 Å². The molecule has 168 valence electrons. The van der Waals surface area contributed by atoms with Crippen LogP contribution in [0.1, 0.15) is 18.0 Å². The first kappa shape index (κ1) is 22.0. The molecule has 1 saturated heterocycles. The minimum absolute atomic E-state index is 0.152. The summed E-state index contributed by atoms with van der Waals surface area (Å²) in [4.78, 5) is 18.6. The van der Waals surface area contributed by atoms with E-state index >= 15 is 0 Å². The van der Waals surface area contributed by atoms with Gasteiger partial charge in [0.2, 0.25) is 5.91 Å². The summed E-state index contributed by atoms with van der Waals surface area (Å²) >= 11 is 0. The molecule has 2 aromatic carbocycles. The molecular weight excluding hydrogens is 413 g/mol. The number of benzene rings is 2. The van der Waals surface area contributed by atoms with Crippen molar-refractivity contribution < 1.29 is 23.4 Å². The highest BCUT2D eigenvalue weighted by Gasteiger charge is 2.28. The molecule has 1 aliphatic rings. The van der Waals surface area contributed by atoms with Gasteiger partial charge in [0, 0.05) is 48.3 Å². The number of rotatable bonds is 7. The second-order valence-electron chi connectivity index (χ2n) is 7.62. The molecule has 7 nitrogen and oxygen atoms in total. The molecule has 32 heavy (non-hydrogen) atoms. The zero-order chi connectivity index (χ0) is 22.7. The Morgan fingerprint density at radius 2 is 1.94 bits per heavy atom. The van der Waals surface area contributed by atoms with Gasteiger partial charge in [-0.25, -0.2) is 4.39 Å². The maximum Gasteiger partial charge on any atom is 0.219 e. The number of hydrogen-bond acceptors (Lipinski definition) is 6. The lowest BCUT2D eigenvalue weighted by molar-refractivity contribution is -0.119. The zero-order valence-corrected chi connectivity index (χ0v) is 18.1. The minimum Gasteiger partial charge on any atom is -0.496 e. The van der Waals surface area contributed by atoms with E-state index in [0.29, 0.717) is 48.9 Å². The van der Waals surface area contributed by atoms with Gasteiger partial charge in [0.25, 0.3) is 0 Å². The Morgan fingerprint density at radius 1 is 1.16 bits per heavy atom. The largest absolute Gasteiger partial charge is 0.496 e. The molecule has 3 aromatic rings. The van der Waals surface area contributed by atoms with Crippen molar-refractivity contribution in [3.05, 3.63) is 54.0 Å². The summed E-state index contributed by atoms with van der Waals surface area (Å²) in [5.41, 5.74) is 8.43. The monoisotopic (exact) mass is 439 g/mol. The molecule has 1 unspecified atom stereocenters. The van der Waals surface area contributed by atoms with E-state index in [9.17, 15) is 9.18 Å². The Hall–Kier alpha value is -3.23. The number of pyridine rings is 1. The number of morpholine rings is 1. The molecule has 2 heterocycles. The number of fused-ring (bicyclic) bond motifs is 1. The molecule has 1 aromatic heterocycles. The summed E-state index contributed by atoms with van der Waals surface area (Å²) in [6, 6.07) is 9.82. The lowest BCUT2D eigenvalue weighted by Gasteiger charge is -2.35. The van der Waals surface area contributed by atoms with E-state index in [2.05, 4.69) is 9.88 Å². The Labute approximate surface area is 185 Å². The van der Waals surface area contributed by atoms with Crippen LogP contribution in [-0.2, 0) is 9.53 Å². The second kappa shape index (κ2) is 9.50. The molecule has 8 heteroatoms. The number of aromatic nitrogens is 1. The molecule has 0 saturated carbocycles. The first-order valence-electron chi connectivity index (χ1n) is 10.4. The molecule has 4 rings (SSSR count). The number of nitrogens with two attached hydrogens (primary N) is 1. The fourth-order valence-electron chi connectivity index (χ4n) is 4.33. The van der Waals surface area contributed by atoms with Gasteiger partial charge >= 0.3 is 0 Å². The Bertz CT molecular complexity index is 1130. The predicted octanol–water partition coefficient (Wildman–Crippen LogP) is 3.31. The molecule has 0 aliphatic carbocycles. The van der Waals surface area contributed by atoms with Crippen molar-refractivity contribution in [2.75, 3.05) is 40.5 Å². The fourth-order valence-corrected chi connectivity index (χ4v) is 4.33. The van der Waals surface area contributed by atoms with Gasteiger partial charge in [0.05, 0.1) is 27.4 Å². The molecule has 1 aliphatic heterocycles. The second-order valence-corrected chi connectivity index (χ2v) is 7.62. The summed E-state index contributed by atoms with van der Waals surface area (Å²) in [6.07, 6.45) is 1.81. The molecule has 1 fully saturated rings. The number of methoxy groups -OCH3 is 2. The smallest absolute Gasteiger partial charge is 0.219 e. The van der Waals surface area contributed by atoms with Crippen LogP contribution in [0.5, 0.6) is 11.5 Å². The lowest BCUT2D eigenvalue weighted by atomic mass is 9.94. The third kappa shape index (κ3) is 4.24. The Kier molecular flexibility index (Phi) is 6.53. The summed E-state index contributed by atoms with van der Waals surface area (Å²) in [6.45, 7) is 2.56. The number of primary amides is 1. The van der Waals surface area contributed by atoms with Crippen LogP contribution in [-0.4, -0.2) is 56.3 Å². The van der Waals surface area contributed by atoms with Crippen LogP contribution in [0.4, 0.5) is 4.39 Å². The Morgan fingerprint density at radius 3 is 2.62 bits per heavy atom. The van der Waals surface area contributed by atoms with Gasteiger partial charge < -0.3 is 19.9 Å². The molecular formula is C24H26FN3O4. The quantitative estimate of drug-likeness (QED) is 0.608. The summed E-state index contributed by atoms with van der Waals surface area (Å²) in [5, 5.41) is 0.789. The van der Waals surface area contributed by atoms with Gasteiger partial charge in [-0.15, -0.1) is 0 Å². The van der Waals surface area contributed by atoms with Crippen molar-refractivity contribution in [3.8, 4) is 22.6 Å². The Balaban J connectivity index is 1.88. The normalized spacial score (nSPS) is 15.5.